The van der Waals surface area contributed by atoms with Gasteiger partial charge in [0.25, 0.3) is 0 Å². The maximum Gasteiger partial charge on any atom is 0.124 e. The first-order chi connectivity index (χ1) is 8.83. The highest BCUT2D eigenvalue weighted by Gasteiger charge is 2.48. The first-order valence-electron chi connectivity index (χ1n) is 7.22. The van der Waals surface area contributed by atoms with Crippen molar-refractivity contribution in [1.82, 2.24) is 5.32 Å². The summed E-state index contributed by atoms with van der Waals surface area (Å²) in [7, 11) is 2.08. The summed E-state index contributed by atoms with van der Waals surface area (Å²) in [5.41, 5.74) is 1.34. The Morgan fingerprint density at radius 1 is 1.22 bits per heavy atom. The second-order valence-electron chi connectivity index (χ2n) is 5.72. The van der Waals surface area contributed by atoms with Crippen LogP contribution < -0.4 is 10.1 Å². The predicted molar refractivity (Wildman–Crippen MR) is 73.7 cm³/mol. The lowest BCUT2D eigenvalue weighted by Gasteiger charge is -2.26. The van der Waals surface area contributed by atoms with Gasteiger partial charge < -0.3 is 10.1 Å². The molecule has 0 spiro atoms. The summed E-state index contributed by atoms with van der Waals surface area (Å²) in [5.74, 6) is 3.91. The zero-order valence-corrected chi connectivity index (χ0v) is 11.4. The molecule has 0 saturated heterocycles. The molecule has 0 bridgehead atoms. The molecule has 3 rings (SSSR count). The van der Waals surface area contributed by atoms with Crippen LogP contribution in [0.1, 0.15) is 37.8 Å². The van der Waals surface area contributed by atoms with Gasteiger partial charge in [-0.2, -0.15) is 0 Å². The lowest BCUT2D eigenvalue weighted by atomic mass is 9.89. The number of fused-ring (bicyclic) bond motifs is 1. The summed E-state index contributed by atoms with van der Waals surface area (Å²) >= 11 is 0. The second-order valence-corrected chi connectivity index (χ2v) is 5.72. The largest absolute Gasteiger partial charge is 0.494 e. The van der Waals surface area contributed by atoms with Crippen molar-refractivity contribution in [2.24, 2.45) is 17.8 Å². The zero-order valence-electron chi connectivity index (χ0n) is 11.4. The Morgan fingerprint density at radius 3 is 2.61 bits per heavy atom. The molecule has 1 aromatic rings. The number of hydrogen-bond donors (Lipinski definition) is 1. The smallest absolute Gasteiger partial charge is 0.124 e. The van der Waals surface area contributed by atoms with Crippen molar-refractivity contribution < 1.29 is 4.74 Å². The summed E-state index contributed by atoms with van der Waals surface area (Å²) in [5, 5.41) is 3.52. The molecule has 0 heterocycles. The van der Waals surface area contributed by atoms with Gasteiger partial charge in [0.05, 0.1) is 6.61 Å². The van der Waals surface area contributed by atoms with Crippen molar-refractivity contribution in [2.75, 3.05) is 13.7 Å². The summed E-state index contributed by atoms with van der Waals surface area (Å²) in [6.45, 7) is 2.79. The Hall–Kier alpha value is -1.02. The molecule has 98 valence electrons. The molecule has 18 heavy (non-hydrogen) atoms. The molecule has 0 aliphatic heterocycles. The average Bonchev–Trinajstić information content (AvgIpc) is 3.00. The third kappa shape index (κ3) is 2.14. The van der Waals surface area contributed by atoms with Crippen LogP contribution in [-0.4, -0.2) is 13.7 Å². The van der Waals surface area contributed by atoms with Crippen molar-refractivity contribution in [1.29, 1.82) is 0 Å². The normalized spacial score (nSPS) is 30.9. The van der Waals surface area contributed by atoms with Gasteiger partial charge in [-0.15, -0.1) is 0 Å². The summed E-state index contributed by atoms with van der Waals surface area (Å²) in [4.78, 5) is 0. The van der Waals surface area contributed by atoms with E-state index in [9.17, 15) is 0 Å². The molecule has 2 fully saturated rings. The minimum atomic E-state index is 0.459. The van der Waals surface area contributed by atoms with E-state index in [0.29, 0.717) is 6.04 Å². The van der Waals surface area contributed by atoms with Gasteiger partial charge in [0, 0.05) is 11.6 Å². The fraction of sp³-hybridized carbons (Fsp3) is 0.625. The minimum Gasteiger partial charge on any atom is -0.494 e. The van der Waals surface area contributed by atoms with E-state index in [1.165, 1.54) is 24.8 Å². The SMILES string of the molecule is CCOc1ccccc1C(NC)C1CC2CC2C1. The van der Waals surface area contributed by atoms with Crippen molar-refractivity contribution in [3.05, 3.63) is 29.8 Å². The number of ether oxygens (including phenoxy) is 1. The van der Waals surface area contributed by atoms with Crippen molar-refractivity contribution in [3.63, 3.8) is 0 Å². The van der Waals surface area contributed by atoms with Crippen molar-refractivity contribution >= 4 is 0 Å². The molecule has 3 unspecified atom stereocenters. The van der Waals surface area contributed by atoms with E-state index in [-0.39, 0.29) is 0 Å². The van der Waals surface area contributed by atoms with Crippen LogP contribution in [0.3, 0.4) is 0 Å². The van der Waals surface area contributed by atoms with Crippen molar-refractivity contribution in [3.8, 4) is 5.75 Å². The number of rotatable bonds is 5. The topological polar surface area (TPSA) is 21.3 Å². The molecule has 2 aliphatic rings. The van der Waals surface area contributed by atoms with Crippen LogP contribution in [0.25, 0.3) is 0 Å². The number of benzene rings is 1. The van der Waals surface area contributed by atoms with Gasteiger partial charge in [0.2, 0.25) is 0 Å². The second kappa shape index (κ2) is 4.93. The van der Waals surface area contributed by atoms with E-state index in [1.807, 2.05) is 0 Å². The van der Waals surface area contributed by atoms with Gasteiger partial charge in [0.1, 0.15) is 5.75 Å². The van der Waals surface area contributed by atoms with Gasteiger partial charge in [-0.25, -0.2) is 0 Å². The van der Waals surface area contributed by atoms with Gasteiger partial charge in [0.15, 0.2) is 0 Å². The van der Waals surface area contributed by atoms with Crippen molar-refractivity contribution in [2.45, 2.75) is 32.2 Å². The third-order valence-electron chi connectivity index (χ3n) is 4.62. The zero-order chi connectivity index (χ0) is 12.5. The highest BCUT2D eigenvalue weighted by Crippen LogP contribution is 2.57. The molecular formula is C16H23NO. The van der Waals surface area contributed by atoms with E-state index < -0.39 is 0 Å². The van der Waals surface area contributed by atoms with Gasteiger partial charge in [-0.1, -0.05) is 18.2 Å². The highest BCUT2D eigenvalue weighted by molar-refractivity contribution is 5.36. The first-order valence-corrected chi connectivity index (χ1v) is 7.22. The Kier molecular flexibility index (Phi) is 3.29. The van der Waals surface area contributed by atoms with E-state index in [2.05, 4.69) is 43.6 Å². The molecule has 2 nitrogen and oxygen atoms in total. The van der Waals surface area contributed by atoms with Crippen LogP contribution in [-0.2, 0) is 0 Å². The van der Waals surface area contributed by atoms with Crippen LogP contribution in [0.5, 0.6) is 5.75 Å². The number of hydrogen-bond acceptors (Lipinski definition) is 2. The molecule has 0 aromatic heterocycles. The monoisotopic (exact) mass is 245 g/mol. The van der Waals surface area contributed by atoms with E-state index in [0.717, 1.165) is 30.1 Å². The number of para-hydroxylation sites is 1. The predicted octanol–water partition coefficient (Wildman–Crippen LogP) is 3.39. The van der Waals surface area contributed by atoms with Crippen LogP contribution >= 0.6 is 0 Å². The minimum absolute atomic E-state index is 0.459. The maximum atomic E-state index is 5.78. The van der Waals surface area contributed by atoms with E-state index in [1.54, 1.807) is 0 Å². The van der Waals surface area contributed by atoms with Gasteiger partial charge >= 0.3 is 0 Å². The molecule has 2 saturated carbocycles. The summed E-state index contributed by atoms with van der Waals surface area (Å²) < 4.78 is 5.78. The van der Waals surface area contributed by atoms with Crippen LogP contribution in [0.15, 0.2) is 24.3 Å². The van der Waals surface area contributed by atoms with E-state index >= 15 is 0 Å². The lowest BCUT2D eigenvalue weighted by Crippen LogP contribution is -2.25. The average molecular weight is 245 g/mol. The maximum absolute atomic E-state index is 5.78. The van der Waals surface area contributed by atoms with Gasteiger partial charge in [-0.3, -0.25) is 0 Å². The molecule has 0 radical (unpaired) electrons. The fourth-order valence-electron chi connectivity index (χ4n) is 3.70. The molecule has 3 atom stereocenters. The standard InChI is InChI=1S/C16H23NO/c1-3-18-15-7-5-4-6-14(15)16(17-2)13-9-11-8-12(11)10-13/h4-7,11-13,16-17H,3,8-10H2,1-2H3. The fourth-order valence-corrected chi connectivity index (χ4v) is 3.70. The molecular weight excluding hydrogens is 222 g/mol. The summed E-state index contributed by atoms with van der Waals surface area (Å²) in [6, 6.07) is 8.96. The quantitative estimate of drug-likeness (QED) is 0.858. The number of nitrogens with one attached hydrogen (secondary N) is 1. The van der Waals surface area contributed by atoms with E-state index in [4.69, 9.17) is 4.74 Å². The van der Waals surface area contributed by atoms with Crippen LogP contribution in [0.4, 0.5) is 0 Å². The van der Waals surface area contributed by atoms with Crippen LogP contribution in [0.2, 0.25) is 0 Å². The summed E-state index contributed by atoms with van der Waals surface area (Å²) in [6.07, 6.45) is 4.29. The Bertz CT molecular complexity index is 407. The molecule has 2 aliphatic carbocycles. The first kappa shape index (κ1) is 12.0. The Balaban J connectivity index is 1.81. The molecule has 1 aromatic carbocycles. The molecule has 1 N–H and O–H groups in total. The highest BCUT2D eigenvalue weighted by atomic mass is 16.5. The molecule has 0 amide bonds. The Morgan fingerprint density at radius 2 is 1.94 bits per heavy atom. The van der Waals surface area contributed by atoms with Crippen LogP contribution in [0, 0.1) is 17.8 Å². The molecule has 2 heteroatoms. The third-order valence-corrected chi connectivity index (χ3v) is 4.62. The van der Waals surface area contributed by atoms with Gasteiger partial charge in [-0.05, 0) is 57.1 Å². The lowest BCUT2D eigenvalue weighted by molar-refractivity contribution is 0.312. The Labute approximate surface area is 110 Å².